The summed E-state index contributed by atoms with van der Waals surface area (Å²) in [6.45, 7) is 1.93. The molecule has 7 heteroatoms. The summed E-state index contributed by atoms with van der Waals surface area (Å²) in [5.74, 6) is 0. The molecule has 2 N–H and O–H groups in total. The number of hydrogen-bond donors (Lipinski definition) is 2. The average molecular weight is 238 g/mol. The Morgan fingerprint density at radius 2 is 1.94 bits per heavy atom. The second-order valence-corrected chi connectivity index (χ2v) is 4.86. The van der Waals surface area contributed by atoms with Gasteiger partial charge in [-0.2, -0.15) is 13.5 Å². The molecule has 0 spiro atoms. The van der Waals surface area contributed by atoms with Crippen molar-refractivity contribution in [3.8, 4) is 0 Å². The highest BCUT2D eigenvalue weighted by molar-refractivity contribution is 7.92. The minimum atomic E-state index is -3.66. The van der Waals surface area contributed by atoms with Crippen molar-refractivity contribution in [3.63, 3.8) is 0 Å². The number of aryl methyl sites for hydroxylation is 1. The summed E-state index contributed by atoms with van der Waals surface area (Å²) in [5, 5.41) is 5.59. The van der Waals surface area contributed by atoms with Crippen molar-refractivity contribution >= 4 is 15.7 Å². The largest absolute Gasteiger partial charge is 0.297 e. The van der Waals surface area contributed by atoms with Gasteiger partial charge in [-0.1, -0.05) is 17.7 Å². The molecule has 0 saturated carbocycles. The zero-order valence-corrected chi connectivity index (χ0v) is 9.32. The fraction of sp³-hybridized carbons (Fsp3) is 0.111. The number of H-pyrrole nitrogens is 1. The van der Waals surface area contributed by atoms with Crippen LogP contribution in [0.25, 0.3) is 0 Å². The van der Waals surface area contributed by atoms with Gasteiger partial charge in [0, 0.05) is 5.69 Å². The summed E-state index contributed by atoms with van der Waals surface area (Å²) in [5.41, 5.74) is 1.55. The molecule has 2 aromatic rings. The summed E-state index contributed by atoms with van der Waals surface area (Å²) in [6.07, 6.45) is 1.14. The van der Waals surface area contributed by atoms with Crippen LogP contribution in [0.1, 0.15) is 5.56 Å². The predicted molar refractivity (Wildman–Crippen MR) is 58.4 cm³/mol. The van der Waals surface area contributed by atoms with Crippen LogP contribution in [0.4, 0.5) is 5.69 Å². The molecule has 0 saturated heterocycles. The summed E-state index contributed by atoms with van der Waals surface area (Å²) < 4.78 is 25.8. The van der Waals surface area contributed by atoms with Crippen molar-refractivity contribution in [2.24, 2.45) is 0 Å². The van der Waals surface area contributed by atoms with Crippen LogP contribution in [0.3, 0.4) is 0 Å². The van der Waals surface area contributed by atoms with Gasteiger partial charge in [-0.25, -0.2) is 10.1 Å². The molecule has 0 unspecified atom stereocenters. The molecule has 0 amide bonds. The molecule has 0 radical (unpaired) electrons. The third-order valence-electron chi connectivity index (χ3n) is 1.95. The maximum atomic E-state index is 11.7. The van der Waals surface area contributed by atoms with Gasteiger partial charge in [-0.3, -0.25) is 4.72 Å². The van der Waals surface area contributed by atoms with E-state index in [0.29, 0.717) is 5.69 Å². The van der Waals surface area contributed by atoms with E-state index in [-0.39, 0.29) is 5.16 Å². The zero-order valence-electron chi connectivity index (χ0n) is 8.51. The molecular weight excluding hydrogens is 228 g/mol. The molecule has 1 aromatic carbocycles. The van der Waals surface area contributed by atoms with Crippen LogP contribution in [0.5, 0.6) is 0 Å². The Morgan fingerprint density at radius 3 is 2.50 bits per heavy atom. The standard InChI is InChI=1S/C9H10N4O2S/c1-7-2-4-8(5-3-7)13-16(14,15)9-10-6-11-12-9/h2-6,13H,1H3,(H,10,11,12). The molecule has 0 atom stereocenters. The van der Waals surface area contributed by atoms with Gasteiger partial charge < -0.3 is 0 Å². The van der Waals surface area contributed by atoms with E-state index in [9.17, 15) is 8.42 Å². The topological polar surface area (TPSA) is 87.7 Å². The van der Waals surface area contributed by atoms with Crippen LogP contribution in [0, 0.1) is 6.92 Å². The number of aromatic nitrogens is 3. The van der Waals surface area contributed by atoms with E-state index in [4.69, 9.17) is 0 Å². The van der Waals surface area contributed by atoms with Gasteiger partial charge >= 0.3 is 0 Å². The molecule has 16 heavy (non-hydrogen) atoms. The Hall–Kier alpha value is -1.89. The van der Waals surface area contributed by atoms with Crippen LogP contribution < -0.4 is 4.72 Å². The highest BCUT2D eigenvalue weighted by Crippen LogP contribution is 2.13. The second kappa shape index (κ2) is 3.93. The first-order valence-corrected chi connectivity index (χ1v) is 6.01. The SMILES string of the molecule is Cc1ccc(NS(=O)(=O)c2ncn[nH]2)cc1. The van der Waals surface area contributed by atoms with Crippen molar-refractivity contribution in [2.75, 3.05) is 4.72 Å². The highest BCUT2D eigenvalue weighted by Gasteiger charge is 2.16. The van der Waals surface area contributed by atoms with E-state index >= 15 is 0 Å². The number of nitrogens with zero attached hydrogens (tertiary/aromatic N) is 2. The van der Waals surface area contributed by atoms with Crippen LogP contribution in [0.2, 0.25) is 0 Å². The molecule has 0 bridgehead atoms. The van der Waals surface area contributed by atoms with E-state index in [0.717, 1.165) is 11.9 Å². The van der Waals surface area contributed by atoms with Gasteiger partial charge in [0.15, 0.2) is 0 Å². The Labute approximate surface area is 92.8 Å². The molecule has 2 rings (SSSR count). The lowest BCUT2D eigenvalue weighted by atomic mass is 10.2. The van der Waals surface area contributed by atoms with Crippen LogP contribution in [0.15, 0.2) is 35.7 Å². The molecule has 1 aromatic heterocycles. The molecule has 84 valence electrons. The van der Waals surface area contributed by atoms with Gasteiger partial charge in [-0.15, -0.1) is 0 Å². The van der Waals surface area contributed by atoms with Crippen LogP contribution in [-0.2, 0) is 10.0 Å². The van der Waals surface area contributed by atoms with Crippen molar-refractivity contribution < 1.29 is 8.42 Å². The normalized spacial score (nSPS) is 11.3. The van der Waals surface area contributed by atoms with Gasteiger partial charge in [0.05, 0.1) is 0 Å². The number of rotatable bonds is 3. The summed E-state index contributed by atoms with van der Waals surface area (Å²) in [6, 6.07) is 7.00. The Morgan fingerprint density at radius 1 is 1.25 bits per heavy atom. The zero-order chi connectivity index (χ0) is 11.6. The van der Waals surface area contributed by atoms with Crippen molar-refractivity contribution in [3.05, 3.63) is 36.2 Å². The fourth-order valence-corrected chi connectivity index (χ4v) is 2.05. The lowest BCUT2D eigenvalue weighted by Crippen LogP contribution is -2.14. The first-order chi connectivity index (χ1) is 7.58. The summed E-state index contributed by atoms with van der Waals surface area (Å²) in [7, 11) is -3.66. The maximum Gasteiger partial charge on any atom is 0.297 e. The Balaban J connectivity index is 2.25. The molecule has 0 aliphatic carbocycles. The van der Waals surface area contributed by atoms with E-state index < -0.39 is 10.0 Å². The molecule has 1 heterocycles. The third kappa shape index (κ3) is 2.19. The lowest BCUT2D eigenvalue weighted by molar-refractivity contribution is 0.593. The second-order valence-electron chi connectivity index (χ2n) is 3.26. The van der Waals surface area contributed by atoms with E-state index in [2.05, 4.69) is 19.9 Å². The molecule has 6 nitrogen and oxygen atoms in total. The minimum Gasteiger partial charge on any atom is -0.277 e. The molecule has 0 aliphatic rings. The lowest BCUT2D eigenvalue weighted by Gasteiger charge is -2.04. The average Bonchev–Trinajstić information content (AvgIpc) is 2.75. The minimum absolute atomic E-state index is 0.201. The van der Waals surface area contributed by atoms with E-state index in [1.807, 2.05) is 19.1 Å². The van der Waals surface area contributed by atoms with E-state index in [1.54, 1.807) is 12.1 Å². The quantitative estimate of drug-likeness (QED) is 0.832. The van der Waals surface area contributed by atoms with Crippen molar-refractivity contribution in [1.82, 2.24) is 15.2 Å². The van der Waals surface area contributed by atoms with Gasteiger partial charge in [-0.05, 0) is 19.1 Å². The van der Waals surface area contributed by atoms with Crippen molar-refractivity contribution in [2.45, 2.75) is 12.1 Å². The molecule has 0 aliphatic heterocycles. The fourth-order valence-electron chi connectivity index (χ4n) is 1.15. The summed E-state index contributed by atoms with van der Waals surface area (Å²) >= 11 is 0. The monoisotopic (exact) mass is 238 g/mol. The summed E-state index contributed by atoms with van der Waals surface area (Å²) in [4.78, 5) is 3.58. The Kier molecular flexibility index (Phi) is 2.61. The third-order valence-corrected chi connectivity index (χ3v) is 3.16. The first kappa shape index (κ1) is 10.6. The number of benzene rings is 1. The molecular formula is C9H10N4O2S. The highest BCUT2D eigenvalue weighted by atomic mass is 32.2. The van der Waals surface area contributed by atoms with Crippen LogP contribution >= 0.6 is 0 Å². The van der Waals surface area contributed by atoms with Crippen LogP contribution in [-0.4, -0.2) is 23.6 Å². The van der Waals surface area contributed by atoms with Gasteiger partial charge in [0.2, 0.25) is 0 Å². The van der Waals surface area contributed by atoms with Gasteiger partial charge in [0.1, 0.15) is 6.33 Å². The molecule has 0 fully saturated rings. The van der Waals surface area contributed by atoms with Crippen molar-refractivity contribution in [1.29, 1.82) is 0 Å². The number of anilines is 1. The van der Waals surface area contributed by atoms with Gasteiger partial charge in [0.25, 0.3) is 15.2 Å². The number of hydrogen-bond acceptors (Lipinski definition) is 4. The predicted octanol–water partition coefficient (Wildman–Crippen LogP) is 0.914. The van der Waals surface area contributed by atoms with E-state index in [1.165, 1.54) is 0 Å². The first-order valence-electron chi connectivity index (χ1n) is 4.53. The number of sulfonamides is 1. The number of nitrogens with one attached hydrogen (secondary N) is 2. The smallest absolute Gasteiger partial charge is 0.277 e. The maximum absolute atomic E-state index is 11.7. The Bertz CT molecular complexity index is 560. The number of aromatic amines is 1.